The molecule has 0 amide bonds. The normalized spacial score (nSPS) is 10.1. The monoisotopic (exact) mass is 259 g/mol. The van der Waals surface area contributed by atoms with E-state index >= 15 is 0 Å². The Morgan fingerprint density at radius 1 is 1.41 bits per heavy atom. The van der Waals surface area contributed by atoms with Crippen molar-refractivity contribution in [1.29, 1.82) is 0 Å². The molecule has 0 aromatic heterocycles. The molecule has 8 heteroatoms. The lowest BCUT2D eigenvalue weighted by atomic mass is 10.2. The fourth-order valence-corrected chi connectivity index (χ4v) is 1.82. The van der Waals surface area contributed by atoms with Gasteiger partial charge in [0.1, 0.15) is 0 Å². The number of carboxylic acid groups (broad SMARTS) is 1. The van der Waals surface area contributed by atoms with Gasteiger partial charge in [-0.2, -0.15) is 0 Å². The van der Waals surface area contributed by atoms with E-state index in [-0.39, 0.29) is 11.5 Å². The maximum absolute atomic E-state index is 10.5. The van der Waals surface area contributed by atoms with Crippen LogP contribution in [0.1, 0.15) is 5.56 Å². The lowest BCUT2D eigenvalue weighted by Crippen LogP contribution is -1.98. The first kappa shape index (κ1) is 13.1. The second-order valence-corrected chi connectivity index (χ2v) is 4.11. The molecule has 0 aliphatic carbocycles. The molecule has 0 atom stereocenters. The van der Waals surface area contributed by atoms with Crippen LogP contribution in [0.15, 0.2) is 12.1 Å². The van der Waals surface area contributed by atoms with Crippen LogP contribution in [0, 0.1) is 10.1 Å². The van der Waals surface area contributed by atoms with Crippen LogP contribution < -0.4 is 0 Å². The predicted molar refractivity (Wildman–Crippen MR) is 60.2 cm³/mol. The van der Waals surface area contributed by atoms with Gasteiger partial charge in [0, 0.05) is 11.8 Å². The van der Waals surface area contributed by atoms with Gasteiger partial charge >= 0.3 is 11.7 Å². The number of phenols is 2. The van der Waals surface area contributed by atoms with Crippen molar-refractivity contribution in [2.75, 3.05) is 5.75 Å². The van der Waals surface area contributed by atoms with Crippen LogP contribution in [0.4, 0.5) is 5.69 Å². The van der Waals surface area contributed by atoms with Crippen molar-refractivity contribution in [3.8, 4) is 11.5 Å². The zero-order valence-corrected chi connectivity index (χ0v) is 9.31. The number of nitro benzene ring substituents is 1. The van der Waals surface area contributed by atoms with E-state index in [1.807, 2.05) is 0 Å². The van der Waals surface area contributed by atoms with E-state index in [2.05, 4.69) is 0 Å². The summed E-state index contributed by atoms with van der Waals surface area (Å²) >= 11 is 1.03. The number of nitrogens with zero attached hydrogens (tertiary/aromatic N) is 1. The third-order valence-corrected chi connectivity index (χ3v) is 2.81. The number of thioether (sulfide) groups is 1. The molecule has 1 rings (SSSR count). The summed E-state index contributed by atoms with van der Waals surface area (Å²) in [6.45, 7) is 0. The number of carbonyl (C=O) groups is 1. The number of phenolic OH excluding ortho intramolecular Hbond substituents is 2. The third-order valence-electron chi connectivity index (χ3n) is 1.82. The first-order valence-corrected chi connectivity index (χ1v) is 5.56. The third kappa shape index (κ3) is 3.52. The molecule has 0 saturated heterocycles. The quantitative estimate of drug-likeness (QED) is 0.414. The minimum absolute atomic E-state index is 0.143. The average molecular weight is 259 g/mol. The zero-order chi connectivity index (χ0) is 13.0. The van der Waals surface area contributed by atoms with Gasteiger partial charge in [0.2, 0.25) is 5.75 Å². The summed E-state index contributed by atoms with van der Waals surface area (Å²) in [6, 6.07) is 2.26. The van der Waals surface area contributed by atoms with Gasteiger partial charge in [-0.25, -0.2) is 0 Å². The predicted octanol–water partition coefficient (Wildman–Crippen LogP) is 1.32. The fourth-order valence-electron chi connectivity index (χ4n) is 1.14. The number of carboxylic acids is 1. The van der Waals surface area contributed by atoms with Crippen molar-refractivity contribution in [3.05, 3.63) is 27.8 Å². The molecule has 1 aromatic rings. The highest BCUT2D eigenvalue weighted by Gasteiger charge is 2.18. The van der Waals surface area contributed by atoms with Crippen molar-refractivity contribution >= 4 is 23.4 Å². The molecular formula is C9H9NO6S. The van der Waals surface area contributed by atoms with Gasteiger partial charge in [-0.3, -0.25) is 14.9 Å². The van der Waals surface area contributed by atoms with Crippen LogP contribution >= 0.6 is 11.8 Å². The van der Waals surface area contributed by atoms with Gasteiger partial charge in [0.25, 0.3) is 0 Å². The van der Waals surface area contributed by atoms with Crippen LogP contribution in [0.5, 0.6) is 11.5 Å². The Kier molecular flexibility index (Phi) is 4.16. The first-order chi connectivity index (χ1) is 7.91. The number of hydrogen-bond acceptors (Lipinski definition) is 6. The van der Waals surface area contributed by atoms with E-state index in [0.717, 1.165) is 23.9 Å². The highest BCUT2D eigenvalue weighted by atomic mass is 32.2. The highest BCUT2D eigenvalue weighted by molar-refractivity contribution is 7.99. The van der Waals surface area contributed by atoms with Gasteiger partial charge in [-0.15, -0.1) is 11.8 Å². The Labute approximate surface area is 99.8 Å². The lowest BCUT2D eigenvalue weighted by molar-refractivity contribution is -0.386. The summed E-state index contributed by atoms with van der Waals surface area (Å²) in [6.07, 6.45) is 0. The first-order valence-electron chi connectivity index (χ1n) is 4.40. The Balaban J connectivity index is 2.87. The highest BCUT2D eigenvalue weighted by Crippen LogP contribution is 2.36. The average Bonchev–Trinajstić information content (AvgIpc) is 2.22. The molecule has 0 saturated carbocycles. The number of rotatable bonds is 5. The molecule has 0 fully saturated rings. The van der Waals surface area contributed by atoms with E-state index < -0.39 is 28.1 Å². The molecule has 92 valence electrons. The minimum atomic E-state index is -0.993. The van der Waals surface area contributed by atoms with Gasteiger partial charge in [0.15, 0.2) is 5.75 Å². The number of nitro groups is 1. The van der Waals surface area contributed by atoms with Crippen LogP contribution in [0.25, 0.3) is 0 Å². The molecule has 1 aromatic carbocycles. The molecule has 3 N–H and O–H groups in total. The van der Waals surface area contributed by atoms with Crippen molar-refractivity contribution in [3.63, 3.8) is 0 Å². The lowest BCUT2D eigenvalue weighted by Gasteiger charge is -2.03. The van der Waals surface area contributed by atoms with E-state index in [9.17, 15) is 25.1 Å². The number of aromatic hydroxyl groups is 2. The van der Waals surface area contributed by atoms with E-state index in [1.165, 1.54) is 0 Å². The second kappa shape index (κ2) is 5.39. The van der Waals surface area contributed by atoms with Crippen molar-refractivity contribution in [2.24, 2.45) is 0 Å². The summed E-state index contributed by atoms with van der Waals surface area (Å²) in [4.78, 5) is 20.0. The van der Waals surface area contributed by atoms with E-state index in [1.54, 1.807) is 0 Å². The molecule has 0 radical (unpaired) electrons. The van der Waals surface area contributed by atoms with Crippen LogP contribution in [0.2, 0.25) is 0 Å². The summed E-state index contributed by atoms with van der Waals surface area (Å²) < 4.78 is 0. The minimum Gasteiger partial charge on any atom is -0.504 e. The maximum atomic E-state index is 10.5. The molecule has 17 heavy (non-hydrogen) atoms. The Morgan fingerprint density at radius 3 is 2.59 bits per heavy atom. The van der Waals surface area contributed by atoms with Crippen molar-refractivity contribution in [2.45, 2.75) is 5.75 Å². The molecule has 0 spiro atoms. The second-order valence-electron chi connectivity index (χ2n) is 3.13. The Bertz CT molecular complexity index is 461. The summed E-state index contributed by atoms with van der Waals surface area (Å²) in [7, 11) is 0. The molecule has 0 heterocycles. The molecule has 0 aliphatic heterocycles. The number of hydrogen-bond donors (Lipinski definition) is 3. The maximum Gasteiger partial charge on any atom is 0.314 e. The van der Waals surface area contributed by atoms with Gasteiger partial charge in [0.05, 0.1) is 10.7 Å². The topological polar surface area (TPSA) is 121 Å². The van der Waals surface area contributed by atoms with Crippen LogP contribution in [0.3, 0.4) is 0 Å². The number of benzene rings is 1. The van der Waals surface area contributed by atoms with E-state index in [4.69, 9.17) is 5.11 Å². The Hall–Kier alpha value is -1.96. The molecule has 0 bridgehead atoms. The van der Waals surface area contributed by atoms with Crippen molar-refractivity contribution < 1.29 is 25.0 Å². The molecule has 7 nitrogen and oxygen atoms in total. The standard InChI is InChI=1S/C9H9NO6S/c11-7-2-5(3-17-4-8(12)13)1-6(9(7)14)10(15)16/h1-2,11,14H,3-4H2,(H,12,13). The SMILES string of the molecule is O=C(O)CSCc1cc(O)c(O)c([N+](=O)[O-])c1. The van der Waals surface area contributed by atoms with Crippen LogP contribution in [-0.4, -0.2) is 32.0 Å². The van der Waals surface area contributed by atoms with E-state index in [0.29, 0.717) is 5.56 Å². The Morgan fingerprint density at radius 2 is 2.06 bits per heavy atom. The molecular weight excluding hydrogens is 250 g/mol. The largest absolute Gasteiger partial charge is 0.504 e. The summed E-state index contributed by atoms with van der Waals surface area (Å²) in [5, 5.41) is 37.4. The molecule has 0 aliphatic rings. The van der Waals surface area contributed by atoms with Gasteiger partial charge in [-0.05, 0) is 11.6 Å². The van der Waals surface area contributed by atoms with Gasteiger partial charge < -0.3 is 15.3 Å². The summed E-state index contributed by atoms with van der Waals surface area (Å²) in [5.41, 5.74) is -0.228. The zero-order valence-electron chi connectivity index (χ0n) is 8.49. The van der Waals surface area contributed by atoms with Crippen molar-refractivity contribution in [1.82, 2.24) is 0 Å². The molecule has 0 unspecified atom stereocenters. The van der Waals surface area contributed by atoms with Gasteiger partial charge in [-0.1, -0.05) is 0 Å². The fraction of sp³-hybridized carbons (Fsp3) is 0.222. The van der Waals surface area contributed by atoms with Crippen LogP contribution in [-0.2, 0) is 10.5 Å². The smallest absolute Gasteiger partial charge is 0.314 e. The number of aliphatic carboxylic acids is 1. The summed E-state index contributed by atoms with van der Waals surface area (Å²) in [5.74, 6) is -2.32.